The van der Waals surface area contributed by atoms with Crippen LogP contribution in [0.2, 0.25) is 0 Å². The molecule has 0 N–H and O–H groups in total. The summed E-state index contributed by atoms with van der Waals surface area (Å²) in [5.41, 5.74) is 1.71. The van der Waals surface area contributed by atoms with E-state index >= 15 is 0 Å². The number of aromatic nitrogens is 1. The van der Waals surface area contributed by atoms with Gasteiger partial charge in [0, 0.05) is 11.8 Å². The Morgan fingerprint density at radius 3 is 2.22 bits per heavy atom. The van der Waals surface area contributed by atoms with Crippen LogP contribution in [-0.2, 0) is 0 Å². The lowest BCUT2D eigenvalue weighted by molar-refractivity contribution is -0.154. The van der Waals surface area contributed by atoms with Crippen molar-refractivity contribution >= 4 is 0 Å². The Labute approximate surface area is 105 Å². The molecule has 0 aliphatic heterocycles. The highest BCUT2D eigenvalue weighted by Crippen LogP contribution is 2.28. The first-order valence-corrected chi connectivity index (χ1v) is 5.90. The number of rotatable bonds is 4. The maximum Gasteiger partial charge on any atom is 0.422 e. The van der Waals surface area contributed by atoms with Crippen LogP contribution in [0, 0.1) is 0 Å². The molecule has 0 radical (unpaired) electrons. The van der Waals surface area contributed by atoms with Gasteiger partial charge in [0.05, 0.1) is 0 Å². The van der Waals surface area contributed by atoms with Crippen molar-refractivity contribution in [3.05, 3.63) is 23.4 Å². The zero-order valence-electron chi connectivity index (χ0n) is 11.0. The Balaban J connectivity index is 2.97. The molecule has 0 unspecified atom stereocenters. The molecule has 0 aliphatic carbocycles. The number of hydrogen-bond donors (Lipinski definition) is 0. The molecule has 0 spiro atoms. The van der Waals surface area contributed by atoms with Crippen molar-refractivity contribution in [2.75, 3.05) is 6.61 Å². The van der Waals surface area contributed by atoms with Crippen molar-refractivity contribution in [2.24, 2.45) is 0 Å². The summed E-state index contributed by atoms with van der Waals surface area (Å²) < 4.78 is 41.1. The van der Waals surface area contributed by atoms with Gasteiger partial charge in [-0.15, -0.1) is 0 Å². The fourth-order valence-corrected chi connectivity index (χ4v) is 1.49. The van der Waals surface area contributed by atoms with E-state index < -0.39 is 12.8 Å². The Morgan fingerprint density at radius 1 is 1.17 bits per heavy atom. The second kappa shape index (κ2) is 5.59. The number of halogens is 3. The molecule has 2 nitrogen and oxygen atoms in total. The van der Waals surface area contributed by atoms with Gasteiger partial charge in [-0.2, -0.15) is 13.2 Å². The van der Waals surface area contributed by atoms with E-state index in [-0.39, 0.29) is 17.7 Å². The fraction of sp³-hybridized carbons (Fsp3) is 0.615. The summed E-state index contributed by atoms with van der Waals surface area (Å²) in [7, 11) is 0. The molecule has 5 heteroatoms. The summed E-state index contributed by atoms with van der Waals surface area (Å²) in [4.78, 5) is 4.00. The Hall–Kier alpha value is -1.26. The first-order valence-electron chi connectivity index (χ1n) is 5.90. The second-order valence-electron chi connectivity index (χ2n) is 4.88. The third-order valence-electron chi connectivity index (χ3n) is 2.56. The molecule has 0 amide bonds. The van der Waals surface area contributed by atoms with Crippen LogP contribution < -0.4 is 4.74 Å². The Kier molecular flexibility index (Phi) is 4.59. The molecule has 0 fully saturated rings. The standard InChI is InChI=1S/C13H18F3NO/c1-8(2)10-5-11(9(3)4)12(17-6-10)18-7-13(14,15)16/h5-6,8-9H,7H2,1-4H3. The van der Waals surface area contributed by atoms with Crippen LogP contribution in [0.5, 0.6) is 5.88 Å². The first-order chi connectivity index (χ1) is 8.20. The van der Waals surface area contributed by atoms with Crippen LogP contribution in [0.15, 0.2) is 12.3 Å². The van der Waals surface area contributed by atoms with Crippen molar-refractivity contribution in [1.82, 2.24) is 4.98 Å². The van der Waals surface area contributed by atoms with Crippen LogP contribution in [0.3, 0.4) is 0 Å². The van der Waals surface area contributed by atoms with Crippen molar-refractivity contribution in [1.29, 1.82) is 0 Å². The Bertz CT molecular complexity index is 400. The SMILES string of the molecule is CC(C)c1cnc(OCC(F)(F)F)c(C(C)C)c1. The lowest BCUT2D eigenvalue weighted by Crippen LogP contribution is -2.20. The predicted molar refractivity (Wildman–Crippen MR) is 64.0 cm³/mol. The van der Waals surface area contributed by atoms with Gasteiger partial charge in [0.2, 0.25) is 5.88 Å². The monoisotopic (exact) mass is 261 g/mol. The largest absolute Gasteiger partial charge is 0.468 e. The van der Waals surface area contributed by atoms with Gasteiger partial charge in [0.1, 0.15) is 0 Å². The molecule has 1 rings (SSSR count). The maximum absolute atomic E-state index is 12.1. The van der Waals surface area contributed by atoms with Gasteiger partial charge >= 0.3 is 6.18 Å². The normalized spacial score (nSPS) is 12.3. The molecule has 1 aromatic heterocycles. The highest BCUT2D eigenvalue weighted by molar-refractivity contribution is 5.33. The van der Waals surface area contributed by atoms with Gasteiger partial charge in [0.25, 0.3) is 0 Å². The molecule has 0 aliphatic rings. The molecule has 102 valence electrons. The molecule has 0 aromatic carbocycles. The van der Waals surface area contributed by atoms with Gasteiger partial charge < -0.3 is 4.74 Å². The summed E-state index contributed by atoms with van der Waals surface area (Å²) in [6, 6.07) is 1.87. The van der Waals surface area contributed by atoms with Crippen LogP contribution in [0.1, 0.15) is 50.7 Å². The fourth-order valence-electron chi connectivity index (χ4n) is 1.49. The Morgan fingerprint density at radius 2 is 1.78 bits per heavy atom. The second-order valence-corrected chi connectivity index (χ2v) is 4.88. The van der Waals surface area contributed by atoms with Gasteiger partial charge in [0.15, 0.2) is 6.61 Å². The molecule has 18 heavy (non-hydrogen) atoms. The summed E-state index contributed by atoms with van der Waals surface area (Å²) in [5, 5.41) is 0. The molecule has 1 aromatic rings. The topological polar surface area (TPSA) is 22.1 Å². The first kappa shape index (κ1) is 14.8. The van der Waals surface area contributed by atoms with E-state index in [9.17, 15) is 13.2 Å². The smallest absolute Gasteiger partial charge is 0.422 e. The summed E-state index contributed by atoms with van der Waals surface area (Å²) >= 11 is 0. The zero-order valence-corrected chi connectivity index (χ0v) is 11.0. The van der Waals surface area contributed by atoms with Crippen molar-refractivity contribution in [3.8, 4) is 5.88 Å². The van der Waals surface area contributed by atoms with Crippen LogP contribution in [0.25, 0.3) is 0 Å². The molecular weight excluding hydrogens is 243 g/mol. The highest BCUT2D eigenvalue weighted by Gasteiger charge is 2.29. The lowest BCUT2D eigenvalue weighted by atomic mass is 9.98. The average Bonchev–Trinajstić information content (AvgIpc) is 2.24. The van der Waals surface area contributed by atoms with Crippen molar-refractivity contribution < 1.29 is 17.9 Å². The minimum absolute atomic E-state index is 0.0689. The quantitative estimate of drug-likeness (QED) is 0.807. The van der Waals surface area contributed by atoms with E-state index in [1.54, 1.807) is 6.20 Å². The van der Waals surface area contributed by atoms with Crippen LogP contribution in [-0.4, -0.2) is 17.8 Å². The van der Waals surface area contributed by atoms with E-state index in [0.29, 0.717) is 5.56 Å². The molecule has 0 bridgehead atoms. The van der Waals surface area contributed by atoms with Crippen molar-refractivity contribution in [2.45, 2.75) is 45.7 Å². The van der Waals surface area contributed by atoms with E-state index in [4.69, 9.17) is 4.74 Å². The summed E-state index contributed by atoms with van der Waals surface area (Å²) in [6.45, 7) is 6.53. The number of hydrogen-bond acceptors (Lipinski definition) is 2. The van der Waals surface area contributed by atoms with Crippen LogP contribution >= 0.6 is 0 Å². The summed E-state index contributed by atoms with van der Waals surface area (Å²) in [6.07, 6.45) is -2.77. The molecule has 0 saturated heterocycles. The predicted octanol–water partition coefficient (Wildman–Crippen LogP) is 4.27. The minimum atomic E-state index is -4.34. The van der Waals surface area contributed by atoms with Gasteiger partial charge in [-0.25, -0.2) is 4.98 Å². The minimum Gasteiger partial charge on any atom is -0.468 e. The third kappa shape index (κ3) is 4.20. The average molecular weight is 261 g/mol. The molecule has 1 heterocycles. The summed E-state index contributed by atoms with van der Waals surface area (Å²) in [5.74, 6) is 0.429. The van der Waals surface area contributed by atoms with E-state index in [2.05, 4.69) is 4.98 Å². The number of nitrogens with zero attached hydrogens (tertiary/aromatic N) is 1. The van der Waals surface area contributed by atoms with Gasteiger partial charge in [-0.1, -0.05) is 27.7 Å². The van der Waals surface area contributed by atoms with Gasteiger partial charge in [-0.3, -0.25) is 0 Å². The third-order valence-corrected chi connectivity index (χ3v) is 2.56. The number of ether oxygens (including phenoxy) is 1. The lowest BCUT2D eigenvalue weighted by Gasteiger charge is -2.16. The van der Waals surface area contributed by atoms with E-state index in [1.807, 2.05) is 33.8 Å². The molecule has 0 saturated carbocycles. The maximum atomic E-state index is 12.1. The molecular formula is C13H18F3NO. The highest BCUT2D eigenvalue weighted by atomic mass is 19.4. The van der Waals surface area contributed by atoms with E-state index in [0.717, 1.165) is 5.56 Å². The van der Waals surface area contributed by atoms with E-state index in [1.165, 1.54) is 0 Å². The number of pyridine rings is 1. The molecule has 0 atom stereocenters. The van der Waals surface area contributed by atoms with Gasteiger partial charge in [-0.05, 0) is 23.5 Å². The number of alkyl halides is 3. The van der Waals surface area contributed by atoms with Crippen LogP contribution in [0.4, 0.5) is 13.2 Å². The van der Waals surface area contributed by atoms with Crippen molar-refractivity contribution in [3.63, 3.8) is 0 Å². The zero-order chi connectivity index (χ0) is 13.9.